The first kappa shape index (κ1) is 23.0. The summed E-state index contributed by atoms with van der Waals surface area (Å²) >= 11 is 0. The molecule has 0 radical (unpaired) electrons. The van der Waals surface area contributed by atoms with Crippen LogP contribution in [0.1, 0.15) is 42.4 Å². The van der Waals surface area contributed by atoms with Crippen molar-refractivity contribution in [2.24, 2.45) is 0 Å². The van der Waals surface area contributed by atoms with Gasteiger partial charge < -0.3 is 4.90 Å². The summed E-state index contributed by atoms with van der Waals surface area (Å²) in [4.78, 5) is 28.3. The molecule has 168 valence electrons. The lowest BCUT2D eigenvalue weighted by Gasteiger charge is -2.35. The highest BCUT2D eigenvalue weighted by molar-refractivity contribution is 5.96. The highest BCUT2D eigenvalue weighted by Crippen LogP contribution is 2.32. The Bertz CT molecular complexity index is 987. The normalized spacial score (nSPS) is 15.9. The molecule has 1 saturated heterocycles. The van der Waals surface area contributed by atoms with Gasteiger partial charge in [-0.15, -0.1) is 0 Å². The molecule has 1 amide bonds. The summed E-state index contributed by atoms with van der Waals surface area (Å²) in [5.74, 6) is -0.608. The van der Waals surface area contributed by atoms with Crippen LogP contribution in [-0.2, 0) is 18.1 Å². The van der Waals surface area contributed by atoms with Crippen LogP contribution in [0.25, 0.3) is 0 Å². The van der Waals surface area contributed by atoms with Gasteiger partial charge in [0.15, 0.2) is 0 Å². The van der Waals surface area contributed by atoms with E-state index in [1.54, 1.807) is 6.07 Å². The molecule has 1 aromatic carbocycles. The van der Waals surface area contributed by atoms with Gasteiger partial charge in [0.1, 0.15) is 0 Å². The predicted octanol–water partition coefficient (Wildman–Crippen LogP) is 3.02. The van der Waals surface area contributed by atoms with Gasteiger partial charge in [0.25, 0.3) is 11.5 Å². The lowest BCUT2D eigenvalue weighted by molar-refractivity contribution is -0.138. The number of nitrogens with zero attached hydrogens (tertiary/aromatic N) is 4. The molecule has 1 fully saturated rings. The Morgan fingerprint density at radius 3 is 2.23 bits per heavy atom. The number of hydrogen-bond acceptors (Lipinski definition) is 4. The van der Waals surface area contributed by atoms with Crippen LogP contribution in [-0.4, -0.2) is 58.2 Å². The maximum Gasteiger partial charge on any atom is 0.417 e. The van der Waals surface area contributed by atoms with Gasteiger partial charge in [0.2, 0.25) is 0 Å². The summed E-state index contributed by atoms with van der Waals surface area (Å²) in [6.07, 6.45) is -4.57. The van der Waals surface area contributed by atoms with Crippen molar-refractivity contribution >= 4 is 5.91 Å². The summed E-state index contributed by atoms with van der Waals surface area (Å²) < 4.78 is 41.1. The highest BCUT2D eigenvalue weighted by Gasteiger charge is 2.36. The van der Waals surface area contributed by atoms with Crippen molar-refractivity contribution in [2.75, 3.05) is 32.7 Å². The molecule has 1 aliphatic rings. The maximum atomic E-state index is 13.2. The van der Waals surface area contributed by atoms with Gasteiger partial charge in [0.05, 0.1) is 23.4 Å². The smallest absolute Gasteiger partial charge is 0.336 e. The Labute approximate surface area is 179 Å². The summed E-state index contributed by atoms with van der Waals surface area (Å²) in [7, 11) is 0. The van der Waals surface area contributed by atoms with Crippen LogP contribution < -0.4 is 5.56 Å². The molecule has 0 saturated carbocycles. The van der Waals surface area contributed by atoms with Crippen LogP contribution >= 0.6 is 0 Å². The molecule has 2 heterocycles. The number of hydrogen-bond donors (Lipinski definition) is 0. The molecule has 0 spiro atoms. The average Bonchev–Trinajstić information content (AvgIpc) is 2.71. The molecule has 0 aliphatic carbocycles. The van der Waals surface area contributed by atoms with E-state index in [0.29, 0.717) is 39.3 Å². The average molecular weight is 436 g/mol. The van der Waals surface area contributed by atoms with Crippen molar-refractivity contribution in [3.63, 3.8) is 0 Å². The van der Waals surface area contributed by atoms with E-state index in [2.05, 4.69) is 10.00 Å². The highest BCUT2D eigenvalue weighted by atomic mass is 19.4. The molecule has 1 aromatic heterocycles. The third kappa shape index (κ3) is 5.52. The van der Waals surface area contributed by atoms with E-state index in [1.165, 1.54) is 33.8 Å². The summed E-state index contributed by atoms with van der Waals surface area (Å²) in [6.45, 7) is 8.76. The van der Waals surface area contributed by atoms with Gasteiger partial charge in [-0.25, -0.2) is 4.68 Å². The topological polar surface area (TPSA) is 58.4 Å². The van der Waals surface area contributed by atoms with Gasteiger partial charge in [-0.05, 0) is 18.2 Å². The van der Waals surface area contributed by atoms with Crippen molar-refractivity contribution in [1.82, 2.24) is 19.6 Å². The van der Waals surface area contributed by atoms with Crippen LogP contribution in [0, 0.1) is 0 Å². The van der Waals surface area contributed by atoms with E-state index in [1.807, 2.05) is 20.8 Å². The molecule has 31 heavy (non-hydrogen) atoms. The quantitative estimate of drug-likeness (QED) is 0.740. The van der Waals surface area contributed by atoms with Crippen molar-refractivity contribution in [3.8, 4) is 0 Å². The first-order valence-electron chi connectivity index (χ1n) is 10.2. The van der Waals surface area contributed by atoms with Crippen LogP contribution in [0.15, 0.2) is 41.2 Å². The Morgan fingerprint density at radius 1 is 0.968 bits per heavy atom. The molecule has 0 N–H and O–H groups in total. The van der Waals surface area contributed by atoms with E-state index >= 15 is 0 Å². The minimum Gasteiger partial charge on any atom is -0.336 e. The van der Waals surface area contributed by atoms with Gasteiger partial charge >= 0.3 is 6.18 Å². The zero-order valence-electron chi connectivity index (χ0n) is 17.9. The lowest BCUT2D eigenvalue weighted by Crippen LogP contribution is -2.50. The minimum absolute atomic E-state index is 0.172. The molecule has 1 aliphatic heterocycles. The number of piperazine rings is 1. The standard InChI is InChI=1S/C22H27F3N4O2/c1-21(2,3)18-8-9-19(30)29(26-18)15-12-27-10-13-28(14-11-27)20(31)16-6-4-5-7-17(16)22(23,24)25/h4-9H,10-15H2,1-3H3. The summed E-state index contributed by atoms with van der Waals surface area (Å²) in [5, 5.41) is 4.45. The number of benzene rings is 1. The molecular formula is C22H27F3N4O2. The number of aromatic nitrogens is 2. The van der Waals surface area contributed by atoms with Crippen molar-refractivity contribution in [3.05, 3.63) is 63.6 Å². The first-order valence-corrected chi connectivity index (χ1v) is 10.2. The zero-order valence-corrected chi connectivity index (χ0v) is 17.9. The number of carbonyl (C=O) groups excluding carboxylic acids is 1. The van der Waals surface area contributed by atoms with Gasteiger partial charge in [-0.1, -0.05) is 32.9 Å². The van der Waals surface area contributed by atoms with Gasteiger partial charge in [-0.2, -0.15) is 18.3 Å². The Hall–Kier alpha value is -2.68. The lowest BCUT2D eigenvalue weighted by atomic mass is 9.92. The monoisotopic (exact) mass is 436 g/mol. The van der Waals surface area contributed by atoms with Crippen LogP contribution in [0.4, 0.5) is 13.2 Å². The third-order valence-electron chi connectivity index (χ3n) is 5.39. The molecule has 3 rings (SSSR count). The Balaban J connectivity index is 1.60. The summed E-state index contributed by atoms with van der Waals surface area (Å²) in [6, 6.07) is 8.12. The number of alkyl halides is 3. The third-order valence-corrected chi connectivity index (χ3v) is 5.39. The predicted molar refractivity (Wildman–Crippen MR) is 111 cm³/mol. The number of amides is 1. The molecule has 9 heteroatoms. The molecule has 0 atom stereocenters. The fourth-order valence-electron chi connectivity index (χ4n) is 3.51. The van der Waals surface area contributed by atoms with Crippen molar-refractivity contribution in [1.29, 1.82) is 0 Å². The molecular weight excluding hydrogens is 409 g/mol. The van der Waals surface area contributed by atoms with Crippen LogP contribution in [0.5, 0.6) is 0 Å². The van der Waals surface area contributed by atoms with E-state index < -0.39 is 17.6 Å². The number of halogens is 3. The second kappa shape index (κ2) is 8.82. The van der Waals surface area contributed by atoms with Gasteiger partial charge in [-0.3, -0.25) is 14.5 Å². The van der Waals surface area contributed by atoms with Crippen LogP contribution in [0.3, 0.4) is 0 Å². The first-order chi connectivity index (χ1) is 14.5. The fraction of sp³-hybridized carbons (Fsp3) is 0.500. The summed E-state index contributed by atoms with van der Waals surface area (Å²) in [5.41, 5.74) is -0.755. The van der Waals surface area contributed by atoms with Crippen LogP contribution in [0.2, 0.25) is 0 Å². The fourth-order valence-corrected chi connectivity index (χ4v) is 3.51. The Morgan fingerprint density at radius 2 is 1.61 bits per heavy atom. The molecule has 2 aromatic rings. The molecule has 0 bridgehead atoms. The molecule has 6 nitrogen and oxygen atoms in total. The largest absolute Gasteiger partial charge is 0.417 e. The van der Waals surface area contributed by atoms with E-state index in [4.69, 9.17) is 0 Å². The minimum atomic E-state index is -4.57. The Kier molecular flexibility index (Phi) is 6.54. The maximum absolute atomic E-state index is 13.2. The number of carbonyl (C=O) groups is 1. The van der Waals surface area contributed by atoms with Crippen molar-refractivity contribution < 1.29 is 18.0 Å². The van der Waals surface area contributed by atoms with Gasteiger partial charge in [0, 0.05) is 44.2 Å². The van der Waals surface area contributed by atoms with Crippen molar-refractivity contribution in [2.45, 2.75) is 38.9 Å². The molecule has 0 unspecified atom stereocenters. The second-order valence-electron chi connectivity index (χ2n) is 8.71. The van der Waals surface area contributed by atoms with E-state index in [-0.39, 0.29) is 16.5 Å². The second-order valence-corrected chi connectivity index (χ2v) is 8.71. The SMILES string of the molecule is CC(C)(C)c1ccc(=O)n(CCN2CCN(C(=O)c3ccccc3C(F)(F)F)CC2)n1. The van der Waals surface area contributed by atoms with E-state index in [9.17, 15) is 22.8 Å². The zero-order chi connectivity index (χ0) is 22.8. The van der Waals surface area contributed by atoms with E-state index in [0.717, 1.165) is 11.8 Å². The number of rotatable bonds is 4.